The van der Waals surface area contributed by atoms with E-state index in [1.165, 1.54) is 0 Å². The molecule has 0 fully saturated rings. The molecule has 0 atom stereocenters. The molecular weight excluding hydrogens is 344 g/mol. The third kappa shape index (κ3) is 5.67. The van der Waals surface area contributed by atoms with E-state index in [4.69, 9.17) is 5.73 Å². The quantitative estimate of drug-likeness (QED) is 0.593. The van der Waals surface area contributed by atoms with Gasteiger partial charge in [-0.05, 0) is 25.5 Å². The maximum absolute atomic E-state index is 12.1. The molecule has 0 saturated heterocycles. The number of aliphatic imine (C=N–C) groups is 1. The summed E-state index contributed by atoms with van der Waals surface area (Å²) in [4.78, 5) is 20.1. The zero-order valence-electron chi connectivity index (χ0n) is 13.6. The van der Waals surface area contributed by atoms with E-state index in [1.54, 1.807) is 11.9 Å². The van der Waals surface area contributed by atoms with Gasteiger partial charge in [-0.25, -0.2) is 0 Å². The maximum atomic E-state index is 12.1. The van der Waals surface area contributed by atoms with E-state index in [9.17, 15) is 4.79 Å². The van der Waals surface area contributed by atoms with E-state index >= 15 is 0 Å². The van der Waals surface area contributed by atoms with Gasteiger partial charge in [-0.1, -0.05) is 34.1 Å². The number of carbonyl (C=O) groups is 1. The Bertz CT molecular complexity index is 515. The molecule has 0 aliphatic heterocycles. The number of amides is 1. The summed E-state index contributed by atoms with van der Waals surface area (Å²) in [5.74, 6) is 0.568. The van der Waals surface area contributed by atoms with Crippen LogP contribution in [0.5, 0.6) is 0 Å². The van der Waals surface area contributed by atoms with Gasteiger partial charge in [0.15, 0.2) is 5.96 Å². The lowest BCUT2D eigenvalue weighted by molar-refractivity contribution is -0.130. The van der Waals surface area contributed by atoms with Crippen molar-refractivity contribution in [3.8, 4) is 0 Å². The molecule has 6 heteroatoms. The van der Waals surface area contributed by atoms with Crippen molar-refractivity contribution in [1.29, 1.82) is 0 Å². The highest BCUT2D eigenvalue weighted by molar-refractivity contribution is 9.10. The number of hydrogen-bond donors (Lipinski definition) is 1. The number of halogens is 1. The molecular formula is C16H25BrN4O. The molecule has 0 spiro atoms. The fourth-order valence-electron chi connectivity index (χ4n) is 2.07. The number of rotatable bonds is 7. The molecule has 1 amide bonds. The average Bonchev–Trinajstić information content (AvgIpc) is 2.50. The van der Waals surface area contributed by atoms with Crippen molar-refractivity contribution in [2.75, 3.05) is 26.7 Å². The van der Waals surface area contributed by atoms with Crippen molar-refractivity contribution in [3.05, 3.63) is 34.3 Å². The second-order valence-corrected chi connectivity index (χ2v) is 5.86. The molecule has 0 aliphatic carbocycles. The van der Waals surface area contributed by atoms with Gasteiger partial charge in [0.1, 0.15) is 0 Å². The van der Waals surface area contributed by atoms with Gasteiger partial charge in [0.25, 0.3) is 0 Å². The minimum Gasteiger partial charge on any atom is -0.370 e. The molecule has 1 rings (SSSR count). The van der Waals surface area contributed by atoms with Gasteiger partial charge < -0.3 is 15.5 Å². The summed E-state index contributed by atoms with van der Waals surface area (Å²) in [5, 5.41) is 0. The first-order valence-corrected chi connectivity index (χ1v) is 8.31. The molecule has 1 aromatic rings. The van der Waals surface area contributed by atoms with Crippen LogP contribution >= 0.6 is 15.9 Å². The number of carbonyl (C=O) groups excluding carboxylic acids is 1. The van der Waals surface area contributed by atoms with Crippen molar-refractivity contribution < 1.29 is 4.79 Å². The van der Waals surface area contributed by atoms with Crippen LogP contribution in [-0.2, 0) is 11.3 Å². The van der Waals surface area contributed by atoms with E-state index < -0.39 is 0 Å². The second-order valence-electron chi connectivity index (χ2n) is 5.00. The first kappa shape index (κ1) is 18.5. The van der Waals surface area contributed by atoms with Crippen LogP contribution in [0, 0.1) is 0 Å². The number of nitrogens with zero attached hydrogens (tertiary/aromatic N) is 3. The van der Waals surface area contributed by atoms with E-state index in [0.29, 0.717) is 25.5 Å². The molecule has 1 aromatic carbocycles. The first-order chi connectivity index (χ1) is 10.5. The van der Waals surface area contributed by atoms with Crippen LogP contribution < -0.4 is 5.73 Å². The standard InChI is InChI=1S/C16H25BrN4O/c1-4-21(5-2)16(18)19-11-10-15(22)20(3)12-13-8-6-7-9-14(13)17/h6-9H,4-5,10-12H2,1-3H3,(H2,18,19). The summed E-state index contributed by atoms with van der Waals surface area (Å²) >= 11 is 3.50. The van der Waals surface area contributed by atoms with E-state index in [1.807, 2.05) is 43.0 Å². The maximum Gasteiger partial charge on any atom is 0.224 e. The van der Waals surface area contributed by atoms with Crippen LogP contribution in [-0.4, -0.2) is 48.3 Å². The molecule has 0 bridgehead atoms. The first-order valence-electron chi connectivity index (χ1n) is 7.51. The molecule has 5 nitrogen and oxygen atoms in total. The van der Waals surface area contributed by atoms with E-state index in [-0.39, 0.29) is 5.91 Å². The predicted octanol–water partition coefficient (Wildman–Crippen LogP) is 2.45. The normalized spacial score (nSPS) is 11.4. The molecule has 22 heavy (non-hydrogen) atoms. The Kier molecular flexibility index (Phi) is 7.95. The number of guanidine groups is 1. The summed E-state index contributed by atoms with van der Waals surface area (Å²) in [6, 6.07) is 7.90. The summed E-state index contributed by atoms with van der Waals surface area (Å²) < 4.78 is 1.01. The molecule has 122 valence electrons. The lowest BCUT2D eigenvalue weighted by atomic mass is 10.2. The smallest absolute Gasteiger partial charge is 0.224 e. The Morgan fingerprint density at radius 1 is 1.27 bits per heavy atom. The van der Waals surface area contributed by atoms with Gasteiger partial charge in [0, 0.05) is 37.6 Å². The minimum absolute atomic E-state index is 0.0619. The van der Waals surface area contributed by atoms with Gasteiger partial charge in [0.2, 0.25) is 5.91 Å². The largest absolute Gasteiger partial charge is 0.370 e. The molecule has 0 aliphatic rings. The lowest BCUT2D eigenvalue weighted by Gasteiger charge is -2.20. The predicted molar refractivity (Wildman–Crippen MR) is 94.6 cm³/mol. The lowest BCUT2D eigenvalue weighted by Crippen LogP contribution is -2.37. The van der Waals surface area contributed by atoms with Gasteiger partial charge in [-0.3, -0.25) is 9.79 Å². The van der Waals surface area contributed by atoms with Gasteiger partial charge >= 0.3 is 0 Å². The highest BCUT2D eigenvalue weighted by atomic mass is 79.9. The third-order valence-corrected chi connectivity index (χ3v) is 4.25. The highest BCUT2D eigenvalue weighted by Gasteiger charge is 2.10. The molecule has 2 N–H and O–H groups in total. The van der Waals surface area contributed by atoms with Crippen LogP contribution in [0.15, 0.2) is 33.7 Å². The fraction of sp³-hybridized carbons (Fsp3) is 0.500. The summed E-state index contributed by atoms with van der Waals surface area (Å²) in [6.45, 7) is 6.70. The van der Waals surface area contributed by atoms with E-state index in [0.717, 1.165) is 23.1 Å². The molecule has 0 saturated carbocycles. The van der Waals surface area contributed by atoms with Crippen LogP contribution in [0.4, 0.5) is 0 Å². The minimum atomic E-state index is 0.0619. The number of nitrogens with two attached hydrogens (primary N) is 1. The summed E-state index contributed by atoms with van der Waals surface area (Å²) in [7, 11) is 1.80. The van der Waals surface area contributed by atoms with Gasteiger partial charge in [0.05, 0.1) is 6.54 Å². The van der Waals surface area contributed by atoms with Crippen LogP contribution in [0.2, 0.25) is 0 Å². The SMILES string of the molecule is CCN(CC)C(N)=NCCC(=O)N(C)Cc1ccccc1Br. The Labute approximate surface area is 141 Å². The zero-order valence-corrected chi connectivity index (χ0v) is 15.1. The monoisotopic (exact) mass is 368 g/mol. The Morgan fingerprint density at radius 2 is 1.91 bits per heavy atom. The molecule has 0 aromatic heterocycles. The van der Waals surface area contributed by atoms with Crippen molar-refractivity contribution in [3.63, 3.8) is 0 Å². The van der Waals surface area contributed by atoms with Crippen LogP contribution in [0.1, 0.15) is 25.8 Å². The van der Waals surface area contributed by atoms with Crippen LogP contribution in [0.3, 0.4) is 0 Å². The summed E-state index contributed by atoms with van der Waals surface area (Å²) in [5.41, 5.74) is 6.98. The molecule has 0 unspecified atom stereocenters. The van der Waals surface area contributed by atoms with Gasteiger partial charge in [-0.15, -0.1) is 0 Å². The topological polar surface area (TPSA) is 61.9 Å². The fourth-order valence-corrected chi connectivity index (χ4v) is 2.49. The van der Waals surface area contributed by atoms with Gasteiger partial charge in [-0.2, -0.15) is 0 Å². The molecule has 0 heterocycles. The second kappa shape index (κ2) is 9.46. The van der Waals surface area contributed by atoms with Crippen LogP contribution in [0.25, 0.3) is 0 Å². The Balaban J connectivity index is 2.48. The summed E-state index contributed by atoms with van der Waals surface area (Å²) in [6.07, 6.45) is 0.364. The number of hydrogen-bond acceptors (Lipinski definition) is 2. The highest BCUT2D eigenvalue weighted by Crippen LogP contribution is 2.17. The molecule has 0 radical (unpaired) electrons. The van der Waals surface area contributed by atoms with Crippen molar-refractivity contribution in [2.24, 2.45) is 10.7 Å². The zero-order chi connectivity index (χ0) is 16.5. The third-order valence-electron chi connectivity index (χ3n) is 3.48. The Hall–Kier alpha value is -1.56. The van der Waals surface area contributed by atoms with Crippen molar-refractivity contribution in [2.45, 2.75) is 26.8 Å². The van der Waals surface area contributed by atoms with Crippen molar-refractivity contribution in [1.82, 2.24) is 9.80 Å². The number of benzene rings is 1. The van der Waals surface area contributed by atoms with Crippen molar-refractivity contribution >= 4 is 27.8 Å². The average molecular weight is 369 g/mol. The Morgan fingerprint density at radius 3 is 2.50 bits per heavy atom. The van der Waals surface area contributed by atoms with E-state index in [2.05, 4.69) is 20.9 Å².